The van der Waals surface area contributed by atoms with Crippen molar-refractivity contribution in [2.75, 3.05) is 26.8 Å². The Balaban J connectivity index is 1.95. The Labute approximate surface area is 164 Å². The molecule has 2 aromatic rings. The Bertz CT molecular complexity index is 804. The minimum Gasteiger partial charge on any atom is -0.383 e. The molecule has 1 aromatic heterocycles. The molecule has 3 N–H and O–H groups in total. The molecular formula is C18H26N4O3S2. The van der Waals surface area contributed by atoms with Gasteiger partial charge in [-0.3, -0.25) is 0 Å². The van der Waals surface area contributed by atoms with Gasteiger partial charge in [0.05, 0.1) is 24.6 Å². The van der Waals surface area contributed by atoms with Crippen molar-refractivity contribution >= 4 is 27.3 Å². The van der Waals surface area contributed by atoms with Crippen LogP contribution in [-0.2, 0) is 27.8 Å². The highest BCUT2D eigenvalue weighted by molar-refractivity contribution is 7.89. The van der Waals surface area contributed by atoms with Gasteiger partial charge < -0.3 is 15.4 Å². The van der Waals surface area contributed by atoms with E-state index in [0.29, 0.717) is 19.7 Å². The molecule has 7 nitrogen and oxygen atoms in total. The molecule has 0 aliphatic carbocycles. The van der Waals surface area contributed by atoms with Gasteiger partial charge in [0, 0.05) is 25.1 Å². The van der Waals surface area contributed by atoms with Gasteiger partial charge in [0.2, 0.25) is 10.0 Å². The van der Waals surface area contributed by atoms with Crippen molar-refractivity contribution in [2.45, 2.75) is 24.9 Å². The molecule has 0 aliphatic heterocycles. The maximum atomic E-state index is 12.2. The standard InChI is InChI=1S/C18H26N4O3S2/c1-3-19-18(21-14-16-5-4-12-26-16)20-13-15-6-8-17(9-7-15)27(23,24)22-10-11-25-2/h4-9,12,22H,3,10-11,13-14H2,1-2H3,(H2,19,20,21). The predicted molar refractivity (Wildman–Crippen MR) is 109 cm³/mol. The summed E-state index contributed by atoms with van der Waals surface area (Å²) in [6.45, 7) is 4.52. The SMILES string of the molecule is CCNC(=NCc1ccc(S(=O)(=O)NCCOC)cc1)NCc1cccs1. The number of ether oxygens (including phenoxy) is 1. The Morgan fingerprint density at radius 3 is 2.59 bits per heavy atom. The van der Waals surface area contributed by atoms with Crippen molar-refractivity contribution < 1.29 is 13.2 Å². The van der Waals surface area contributed by atoms with Gasteiger partial charge in [0.1, 0.15) is 0 Å². The molecule has 2 rings (SSSR count). The first kappa shape index (κ1) is 21.4. The van der Waals surface area contributed by atoms with E-state index >= 15 is 0 Å². The molecule has 0 fully saturated rings. The Hall–Kier alpha value is -1.94. The van der Waals surface area contributed by atoms with E-state index < -0.39 is 10.0 Å². The molecule has 27 heavy (non-hydrogen) atoms. The minimum absolute atomic E-state index is 0.231. The van der Waals surface area contributed by atoms with Crippen LogP contribution in [0.2, 0.25) is 0 Å². The Kier molecular flexibility index (Phi) is 8.73. The number of hydrogen-bond acceptors (Lipinski definition) is 5. The summed E-state index contributed by atoms with van der Waals surface area (Å²) in [6.07, 6.45) is 0. The fourth-order valence-corrected chi connectivity index (χ4v) is 3.89. The summed E-state index contributed by atoms with van der Waals surface area (Å²) < 4.78 is 31.7. The maximum absolute atomic E-state index is 12.2. The minimum atomic E-state index is -3.51. The van der Waals surface area contributed by atoms with E-state index in [2.05, 4.69) is 26.4 Å². The highest BCUT2D eigenvalue weighted by Gasteiger charge is 2.12. The first-order chi connectivity index (χ1) is 13.0. The number of hydrogen-bond donors (Lipinski definition) is 3. The van der Waals surface area contributed by atoms with Crippen molar-refractivity contribution in [1.82, 2.24) is 15.4 Å². The molecule has 0 unspecified atom stereocenters. The molecule has 0 saturated carbocycles. The van der Waals surface area contributed by atoms with Gasteiger partial charge in [-0.25, -0.2) is 18.1 Å². The average Bonchev–Trinajstić information content (AvgIpc) is 3.18. The number of aliphatic imine (C=N–C) groups is 1. The van der Waals surface area contributed by atoms with Gasteiger partial charge in [-0.15, -0.1) is 11.3 Å². The number of thiophene rings is 1. The third-order valence-electron chi connectivity index (χ3n) is 3.61. The topological polar surface area (TPSA) is 91.8 Å². The molecule has 1 aromatic carbocycles. The van der Waals surface area contributed by atoms with Crippen LogP contribution >= 0.6 is 11.3 Å². The highest BCUT2D eigenvalue weighted by atomic mass is 32.2. The molecule has 0 amide bonds. The van der Waals surface area contributed by atoms with E-state index in [0.717, 1.165) is 18.1 Å². The van der Waals surface area contributed by atoms with Gasteiger partial charge >= 0.3 is 0 Å². The summed E-state index contributed by atoms with van der Waals surface area (Å²) in [5, 5.41) is 8.54. The van der Waals surface area contributed by atoms with Crippen LogP contribution in [0.25, 0.3) is 0 Å². The van der Waals surface area contributed by atoms with Crippen LogP contribution in [0.4, 0.5) is 0 Å². The van der Waals surface area contributed by atoms with Crippen molar-refractivity contribution in [1.29, 1.82) is 0 Å². The quantitative estimate of drug-likeness (QED) is 0.316. The summed E-state index contributed by atoms with van der Waals surface area (Å²) in [6, 6.07) is 10.8. The molecule has 0 bridgehead atoms. The van der Waals surface area contributed by atoms with E-state index in [9.17, 15) is 8.42 Å². The first-order valence-corrected chi connectivity index (χ1v) is 11.0. The van der Waals surface area contributed by atoms with Gasteiger partial charge in [-0.05, 0) is 36.1 Å². The van der Waals surface area contributed by atoms with Crippen LogP contribution < -0.4 is 15.4 Å². The summed E-state index contributed by atoms with van der Waals surface area (Å²) in [5.74, 6) is 0.726. The van der Waals surface area contributed by atoms with E-state index in [4.69, 9.17) is 4.74 Å². The zero-order valence-corrected chi connectivity index (χ0v) is 17.2. The van der Waals surface area contributed by atoms with Crippen LogP contribution in [0.5, 0.6) is 0 Å². The summed E-state index contributed by atoms with van der Waals surface area (Å²) >= 11 is 1.69. The van der Waals surface area contributed by atoms with E-state index in [1.54, 1.807) is 35.6 Å². The largest absolute Gasteiger partial charge is 0.383 e. The summed E-state index contributed by atoms with van der Waals surface area (Å²) in [5.41, 5.74) is 0.930. The fourth-order valence-electron chi connectivity index (χ4n) is 2.23. The van der Waals surface area contributed by atoms with Crippen LogP contribution in [0.1, 0.15) is 17.4 Å². The molecule has 0 radical (unpaired) electrons. The normalized spacial score (nSPS) is 12.1. The number of rotatable bonds is 10. The molecular weight excluding hydrogens is 384 g/mol. The fraction of sp³-hybridized carbons (Fsp3) is 0.389. The lowest BCUT2D eigenvalue weighted by Crippen LogP contribution is -2.36. The molecule has 0 aliphatic rings. The zero-order chi connectivity index (χ0) is 19.5. The first-order valence-electron chi connectivity index (χ1n) is 8.67. The van der Waals surface area contributed by atoms with E-state index in [-0.39, 0.29) is 11.4 Å². The Morgan fingerprint density at radius 2 is 1.96 bits per heavy atom. The van der Waals surface area contributed by atoms with Crippen LogP contribution in [0.3, 0.4) is 0 Å². The lowest BCUT2D eigenvalue weighted by Gasteiger charge is -2.11. The molecule has 1 heterocycles. The second-order valence-electron chi connectivity index (χ2n) is 5.66. The molecule has 148 valence electrons. The van der Waals surface area contributed by atoms with E-state index in [1.165, 1.54) is 12.0 Å². The Morgan fingerprint density at radius 1 is 1.19 bits per heavy atom. The lowest BCUT2D eigenvalue weighted by molar-refractivity contribution is 0.204. The second kappa shape index (κ2) is 11.0. The second-order valence-corrected chi connectivity index (χ2v) is 8.46. The smallest absolute Gasteiger partial charge is 0.240 e. The highest BCUT2D eigenvalue weighted by Crippen LogP contribution is 2.11. The third kappa shape index (κ3) is 7.30. The third-order valence-corrected chi connectivity index (χ3v) is 5.96. The van der Waals surface area contributed by atoms with Crippen LogP contribution in [0, 0.1) is 0 Å². The predicted octanol–water partition coefficient (Wildman–Crippen LogP) is 1.93. The maximum Gasteiger partial charge on any atom is 0.240 e. The molecule has 0 spiro atoms. The summed E-state index contributed by atoms with van der Waals surface area (Å²) in [7, 11) is -1.98. The number of nitrogens with one attached hydrogen (secondary N) is 3. The van der Waals surface area contributed by atoms with Crippen molar-refractivity contribution in [2.24, 2.45) is 4.99 Å². The van der Waals surface area contributed by atoms with Gasteiger partial charge in [-0.2, -0.15) is 0 Å². The zero-order valence-electron chi connectivity index (χ0n) is 15.6. The van der Waals surface area contributed by atoms with Gasteiger partial charge in [0.25, 0.3) is 0 Å². The van der Waals surface area contributed by atoms with Crippen molar-refractivity contribution in [3.05, 3.63) is 52.2 Å². The number of guanidine groups is 1. The number of nitrogens with zero attached hydrogens (tertiary/aromatic N) is 1. The molecule has 0 atom stereocenters. The van der Waals surface area contributed by atoms with Gasteiger partial charge in [0.15, 0.2) is 5.96 Å². The van der Waals surface area contributed by atoms with Crippen LogP contribution in [0.15, 0.2) is 51.7 Å². The van der Waals surface area contributed by atoms with Gasteiger partial charge in [-0.1, -0.05) is 18.2 Å². The van der Waals surface area contributed by atoms with Crippen molar-refractivity contribution in [3.8, 4) is 0 Å². The molecule has 0 saturated heterocycles. The monoisotopic (exact) mass is 410 g/mol. The van der Waals surface area contributed by atoms with E-state index in [1.807, 2.05) is 18.4 Å². The number of sulfonamides is 1. The van der Waals surface area contributed by atoms with Crippen LogP contribution in [-0.4, -0.2) is 41.2 Å². The van der Waals surface area contributed by atoms with Crippen molar-refractivity contribution in [3.63, 3.8) is 0 Å². The lowest BCUT2D eigenvalue weighted by atomic mass is 10.2. The summed E-state index contributed by atoms with van der Waals surface area (Å²) in [4.78, 5) is 6.02. The number of methoxy groups -OCH3 is 1. The average molecular weight is 411 g/mol. The molecule has 9 heteroatoms. The number of benzene rings is 1.